The van der Waals surface area contributed by atoms with E-state index in [2.05, 4.69) is 4.98 Å². The highest BCUT2D eigenvalue weighted by atomic mass is 16.5. The van der Waals surface area contributed by atoms with Crippen molar-refractivity contribution < 1.29 is 19.4 Å². The van der Waals surface area contributed by atoms with Gasteiger partial charge in [0, 0.05) is 23.6 Å². The first-order chi connectivity index (χ1) is 15.3. The molecule has 1 aliphatic heterocycles. The van der Waals surface area contributed by atoms with Crippen molar-refractivity contribution in [1.29, 1.82) is 0 Å². The van der Waals surface area contributed by atoms with Gasteiger partial charge in [0.15, 0.2) is 0 Å². The van der Waals surface area contributed by atoms with Gasteiger partial charge in [-0.25, -0.2) is 0 Å². The molecule has 1 aliphatic rings. The molecule has 162 valence electrons. The van der Waals surface area contributed by atoms with Crippen molar-refractivity contribution in [3.8, 4) is 5.75 Å². The van der Waals surface area contributed by atoms with Crippen LogP contribution in [0.3, 0.4) is 0 Å². The Morgan fingerprint density at radius 1 is 1.03 bits per heavy atom. The number of hydrogen-bond donors (Lipinski definition) is 1. The number of nitrogens with zero attached hydrogens (tertiary/aromatic N) is 2. The van der Waals surface area contributed by atoms with Crippen molar-refractivity contribution in [2.24, 2.45) is 0 Å². The molecule has 0 radical (unpaired) electrons. The molecule has 3 aromatic rings. The van der Waals surface area contributed by atoms with E-state index in [1.165, 1.54) is 4.90 Å². The van der Waals surface area contributed by atoms with Gasteiger partial charge >= 0.3 is 0 Å². The number of benzene rings is 2. The lowest BCUT2D eigenvalue weighted by molar-refractivity contribution is -0.132. The van der Waals surface area contributed by atoms with Crippen LogP contribution in [-0.2, 0) is 9.59 Å². The molecule has 6 nitrogen and oxygen atoms in total. The molecule has 0 saturated carbocycles. The third-order valence-electron chi connectivity index (χ3n) is 5.95. The summed E-state index contributed by atoms with van der Waals surface area (Å²) in [5, 5.41) is 11.2. The summed E-state index contributed by atoms with van der Waals surface area (Å²) in [6.45, 7) is 5.72. The Hall–Kier alpha value is -3.93. The minimum absolute atomic E-state index is 0.0356. The first-order valence-electron chi connectivity index (χ1n) is 10.3. The molecular formula is C26H24N2O4. The van der Waals surface area contributed by atoms with E-state index in [4.69, 9.17) is 4.74 Å². The van der Waals surface area contributed by atoms with Gasteiger partial charge in [-0.05, 0) is 73.4 Å². The lowest BCUT2D eigenvalue weighted by Gasteiger charge is -2.27. The molecular weight excluding hydrogens is 404 g/mol. The van der Waals surface area contributed by atoms with Gasteiger partial charge in [-0.3, -0.25) is 19.5 Å². The number of rotatable bonds is 4. The normalized spacial score (nSPS) is 17.6. The quantitative estimate of drug-likeness (QED) is 0.372. The molecule has 1 aromatic heterocycles. The van der Waals surface area contributed by atoms with Gasteiger partial charge in [-0.2, -0.15) is 0 Å². The zero-order valence-electron chi connectivity index (χ0n) is 18.4. The Kier molecular flexibility index (Phi) is 5.53. The van der Waals surface area contributed by atoms with Crippen LogP contribution in [0.15, 0.2) is 66.5 Å². The summed E-state index contributed by atoms with van der Waals surface area (Å²) in [6, 6.07) is 13.5. The van der Waals surface area contributed by atoms with E-state index in [1.807, 2.05) is 39.0 Å². The van der Waals surface area contributed by atoms with Crippen LogP contribution in [0.2, 0.25) is 0 Å². The second-order valence-electron chi connectivity index (χ2n) is 7.86. The maximum absolute atomic E-state index is 13.3. The van der Waals surface area contributed by atoms with Crippen LogP contribution in [0.25, 0.3) is 5.76 Å². The summed E-state index contributed by atoms with van der Waals surface area (Å²) >= 11 is 0. The number of Topliss-reactive ketones (excluding diaryl/α,β-unsaturated/α-hetero) is 1. The number of pyridine rings is 1. The maximum atomic E-state index is 13.3. The van der Waals surface area contributed by atoms with Crippen LogP contribution in [0.4, 0.5) is 5.69 Å². The van der Waals surface area contributed by atoms with Crippen LogP contribution >= 0.6 is 0 Å². The first-order valence-corrected chi connectivity index (χ1v) is 10.3. The average Bonchev–Trinajstić information content (AvgIpc) is 3.06. The monoisotopic (exact) mass is 428 g/mol. The number of aliphatic hydroxyl groups excluding tert-OH is 1. The fraction of sp³-hybridized carbons (Fsp3) is 0.192. The maximum Gasteiger partial charge on any atom is 0.300 e. The molecule has 2 heterocycles. The number of carbonyl (C=O) groups is 2. The molecule has 2 aromatic carbocycles. The van der Waals surface area contributed by atoms with Gasteiger partial charge in [0.2, 0.25) is 0 Å². The van der Waals surface area contributed by atoms with Gasteiger partial charge in [-0.1, -0.05) is 18.2 Å². The van der Waals surface area contributed by atoms with Crippen LogP contribution in [0.5, 0.6) is 5.75 Å². The summed E-state index contributed by atoms with van der Waals surface area (Å²) in [7, 11) is 1.57. The van der Waals surface area contributed by atoms with E-state index in [0.717, 1.165) is 16.7 Å². The lowest BCUT2D eigenvalue weighted by atomic mass is 9.95. The lowest BCUT2D eigenvalue weighted by Crippen LogP contribution is -2.30. The van der Waals surface area contributed by atoms with Crippen molar-refractivity contribution in [1.82, 2.24) is 4.98 Å². The van der Waals surface area contributed by atoms with Gasteiger partial charge in [0.25, 0.3) is 11.7 Å². The average molecular weight is 428 g/mol. The minimum Gasteiger partial charge on any atom is -0.507 e. The molecule has 1 unspecified atom stereocenters. The number of ether oxygens (including phenoxy) is 1. The first kappa shape index (κ1) is 21.3. The van der Waals surface area contributed by atoms with Crippen molar-refractivity contribution in [3.05, 3.63) is 94.3 Å². The number of aromatic nitrogens is 1. The predicted octanol–water partition coefficient (Wildman–Crippen LogP) is 4.64. The molecule has 1 saturated heterocycles. The van der Waals surface area contributed by atoms with E-state index >= 15 is 0 Å². The number of anilines is 1. The summed E-state index contributed by atoms with van der Waals surface area (Å²) in [5.74, 6) is -0.970. The number of amides is 1. The second kappa shape index (κ2) is 8.30. The SMILES string of the molecule is COc1ccc(/C(O)=C2\C(=O)C(=O)N(c3cccc(C)c3C)C2c2cccnc2)cc1C. The zero-order valence-corrected chi connectivity index (χ0v) is 18.4. The molecule has 1 amide bonds. The predicted molar refractivity (Wildman–Crippen MR) is 123 cm³/mol. The Morgan fingerprint density at radius 2 is 1.81 bits per heavy atom. The van der Waals surface area contributed by atoms with Crippen molar-refractivity contribution in [2.75, 3.05) is 12.0 Å². The summed E-state index contributed by atoms with van der Waals surface area (Å²) in [5.41, 5.74) is 4.44. The summed E-state index contributed by atoms with van der Waals surface area (Å²) < 4.78 is 5.30. The molecule has 1 fully saturated rings. The molecule has 0 spiro atoms. The molecule has 4 rings (SSSR count). The molecule has 0 bridgehead atoms. The van der Waals surface area contributed by atoms with E-state index in [1.54, 1.807) is 49.8 Å². The van der Waals surface area contributed by atoms with E-state index in [9.17, 15) is 14.7 Å². The number of ketones is 1. The zero-order chi connectivity index (χ0) is 23.0. The highest BCUT2D eigenvalue weighted by Gasteiger charge is 2.47. The fourth-order valence-corrected chi connectivity index (χ4v) is 4.11. The molecule has 1 N–H and O–H groups in total. The summed E-state index contributed by atoms with van der Waals surface area (Å²) in [6.07, 6.45) is 3.24. The van der Waals surface area contributed by atoms with Crippen molar-refractivity contribution in [3.63, 3.8) is 0 Å². The Labute approximate surface area is 186 Å². The highest BCUT2D eigenvalue weighted by molar-refractivity contribution is 6.51. The van der Waals surface area contributed by atoms with Gasteiger partial charge in [0.05, 0.1) is 18.7 Å². The van der Waals surface area contributed by atoms with Crippen LogP contribution in [0, 0.1) is 20.8 Å². The molecule has 32 heavy (non-hydrogen) atoms. The molecule has 1 atom stereocenters. The fourth-order valence-electron chi connectivity index (χ4n) is 4.11. The standard InChI is InChI=1S/C26H24N2O4/c1-15-7-5-9-20(17(15)3)28-23(19-8-6-12-27-14-19)22(25(30)26(28)31)24(29)18-10-11-21(32-4)16(2)13-18/h5-14,23,29H,1-4H3/b24-22+. The summed E-state index contributed by atoms with van der Waals surface area (Å²) in [4.78, 5) is 32.1. The van der Waals surface area contributed by atoms with Crippen LogP contribution < -0.4 is 9.64 Å². The van der Waals surface area contributed by atoms with Crippen molar-refractivity contribution >= 4 is 23.1 Å². The Bertz CT molecular complexity index is 1250. The third kappa shape index (κ3) is 3.43. The largest absolute Gasteiger partial charge is 0.507 e. The minimum atomic E-state index is -0.799. The van der Waals surface area contributed by atoms with Gasteiger partial charge in [0.1, 0.15) is 11.5 Å². The molecule has 0 aliphatic carbocycles. The highest BCUT2D eigenvalue weighted by Crippen LogP contribution is 2.43. The smallest absolute Gasteiger partial charge is 0.300 e. The number of aryl methyl sites for hydroxylation is 2. The van der Waals surface area contributed by atoms with E-state index in [-0.39, 0.29) is 11.3 Å². The Balaban J connectivity index is 1.96. The van der Waals surface area contributed by atoms with Crippen LogP contribution in [-0.4, -0.2) is 28.9 Å². The van der Waals surface area contributed by atoms with Crippen LogP contribution in [0.1, 0.15) is 33.9 Å². The second-order valence-corrected chi connectivity index (χ2v) is 7.86. The number of hydrogen-bond acceptors (Lipinski definition) is 5. The number of aliphatic hydroxyl groups is 1. The van der Waals surface area contributed by atoms with E-state index in [0.29, 0.717) is 22.6 Å². The number of carbonyl (C=O) groups excluding carboxylic acids is 2. The van der Waals surface area contributed by atoms with Gasteiger partial charge in [-0.15, -0.1) is 0 Å². The number of methoxy groups -OCH3 is 1. The van der Waals surface area contributed by atoms with Gasteiger partial charge < -0.3 is 9.84 Å². The van der Waals surface area contributed by atoms with Crippen molar-refractivity contribution in [2.45, 2.75) is 26.8 Å². The van der Waals surface area contributed by atoms with E-state index < -0.39 is 17.7 Å². The molecule has 6 heteroatoms. The topological polar surface area (TPSA) is 79.7 Å². The third-order valence-corrected chi connectivity index (χ3v) is 5.95. The Morgan fingerprint density at radius 3 is 2.47 bits per heavy atom.